The van der Waals surface area contributed by atoms with E-state index in [4.69, 9.17) is 0 Å². The van der Waals surface area contributed by atoms with Gasteiger partial charge in [-0.25, -0.2) is 0 Å². The Bertz CT molecular complexity index is 608. The third-order valence-corrected chi connectivity index (χ3v) is 4.22. The molecule has 1 saturated carbocycles. The van der Waals surface area contributed by atoms with E-state index in [1.54, 1.807) is 11.6 Å². The van der Waals surface area contributed by atoms with Crippen molar-refractivity contribution in [3.63, 3.8) is 0 Å². The van der Waals surface area contributed by atoms with Gasteiger partial charge in [-0.3, -0.25) is 0 Å². The maximum atomic E-state index is 11.2. The van der Waals surface area contributed by atoms with E-state index in [9.17, 15) is 15.2 Å². The van der Waals surface area contributed by atoms with Gasteiger partial charge < -0.3 is 20.5 Å². The molecule has 1 fully saturated rings. The van der Waals surface area contributed by atoms with Crippen LogP contribution in [-0.2, 0) is 0 Å². The predicted molar refractivity (Wildman–Crippen MR) is 71.6 cm³/mol. The van der Waals surface area contributed by atoms with Crippen molar-refractivity contribution in [2.45, 2.75) is 37.8 Å². The summed E-state index contributed by atoms with van der Waals surface area (Å²) >= 11 is 1.35. The van der Waals surface area contributed by atoms with Crippen molar-refractivity contribution < 1.29 is 10.0 Å². The molecule has 7 nitrogen and oxygen atoms in total. The normalized spacial score (nSPS) is 23.6. The number of hydrogen-bond acceptors (Lipinski definition) is 6. The number of fused-ring (bicyclic) bond motifs is 1. The zero-order chi connectivity index (χ0) is 13.4. The number of aromatic nitrogens is 2. The number of anilines is 1. The van der Waals surface area contributed by atoms with Crippen molar-refractivity contribution in [2.75, 3.05) is 5.32 Å². The van der Waals surface area contributed by atoms with Crippen LogP contribution in [0.3, 0.4) is 0 Å². The van der Waals surface area contributed by atoms with E-state index in [1.165, 1.54) is 15.7 Å². The standard InChI is InChI=1S/C11H14N4O3S/c16-8-4-2-1-3-7(8)12-9-10(15(17)18)14-5-6-19-11(14)13-9/h5-8,12,16H,1-4H2/t7-,8+/m1/s1. The highest BCUT2D eigenvalue weighted by Crippen LogP contribution is 2.30. The Balaban J connectivity index is 1.93. The minimum atomic E-state index is -0.465. The third kappa shape index (κ3) is 2.17. The maximum Gasteiger partial charge on any atom is 0.372 e. The first-order valence-corrected chi connectivity index (χ1v) is 7.09. The number of nitrogens with one attached hydrogen (secondary N) is 1. The summed E-state index contributed by atoms with van der Waals surface area (Å²) in [6.07, 6.45) is 4.73. The Morgan fingerprint density at radius 1 is 1.53 bits per heavy atom. The van der Waals surface area contributed by atoms with Crippen molar-refractivity contribution in [2.24, 2.45) is 0 Å². The second-order valence-electron chi connectivity index (χ2n) is 4.70. The average molecular weight is 282 g/mol. The maximum absolute atomic E-state index is 11.2. The smallest absolute Gasteiger partial charge is 0.372 e. The number of hydrogen-bond donors (Lipinski definition) is 2. The molecule has 0 radical (unpaired) electrons. The van der Waals surface area contributed by atoms with Gasteiger partial charge in [-0.15, -0.1) is 0 Å². The van der Waals surface area contributed by atoms with Gasteiger partial charge in [-0.2, -0.15) is 9.38 Å². The van der Waals surface area contributed by atoms with Crippen molar-refractivity contribution in [1.82, 2.24) is 9.38 Å². The minimum Gasteiger partial charge on any atom is -0.391 e. The fraction of sp³-hybridized carbons (Fsp3) is 0.545. The Kier molecular flexibility index (Phi) is 3.11. The third-order valence-electron chi connectivity index (χ3n) is 3.46. The molecule has 0 bridgehead atoms. The molecule has 2 aromatic heterocycles. The fourth-order valence-electron chi connectivity index (χ4n) is 2.50. The largest absolute Gasteiger partial charge is 0.391 e. The van der Waals surface area contributed by atoms with E-state index in [0.29, 0.717) is 4.96 Å². The summed E-state index contributed by atoms with van der Waals surface area (Å²) in [5.74, 6) is 0.192. The number of aliphatic hydroxyl groups excluding tert-OH is 1. The van der Waals surface area contributed by atoms with Gasteiger partial charge in [0.1, 0.15) is 6.20 Å². The molecule has 0 saturated heterocycles. The molecule has 2 N–H and O–H groups in total. The van der Waals surface area contributed by atoms with Gasteiger partial charge in [0, 0.05) is 5.38 Å². The van der Waals surface area contributed by atoms with Gasteiger partial charge in [0.2, 0.25) is 5.82 Å². The highest BCUT2D eigenvalue weighted by atomic mass is 32.1. The molecular formula is C11H14N4O3S. The molecule has 1 aliphatic carbocycles. The molecule has 0 unspecified atom stereocenters. The minimum absolute atomic E-state index is 0.0611. The van der Waals surface area contributed by atoms with E-state index in [0.717, 1.165) is 25.7 Å². The van der Waals surface area contributed by atoms with Crippen LogP contribution in [0.5, 0.6) is 0 Å². The molecule has 102 valence electrons. The van der Waals surface area contributed by atoms with Crippen molar-refractivity contribution in [3.05, 3.63) is 21.7 Å². The summed E-state index contributed by atoms with van der Waals surface area (Å²) in [5, 5.41) is 25.9. The molecule has 0 spiro atoms. The van der Waals surface area contributed by atoms with Crippen LogP contribution in [0.15, 0.2) is 11.6 Å². The van der Waals surface area contributed by atoms with Crippen LogP contribution in [0.2, 0.25) is 0 Å². The molecule has 2 aromatic rings. The molecular weight excluding hydrogens is 268 g/mol. The molecule has 2 atom stereocenters. The lowest BCUT2D eigenvalue weighted by Crippen LogP contribution is -2.36. The number of rotatable bonds is 3. The molecule has 8 heteroatoms. The number of nitro groups is 1. The number of thiazole rings is 1. The SMILES string of the molecule is O=[N+]([O-])c1c(N[C@@H]2CCCC[C@@H]2O)nc2sccn12. The van der Waals surface area contributed by atoms with Crippen molar-refractivity contribution in [1.29, 1.82) is 0 Å². The fourth-order valence-corrected chi connectivity index (χ4v) is 3.21. The monoisotopic (exact) mass is 282 g/mol. The summed E-state index contributed by atoms with van der Waals surface area (Å²) in [7, 11) is 0. The van der Waals surface area contributed by atoms with E-state index in [1.807, 2.05) is 0 Å². The van der Waals surface area contributed by atoms with Gasteiger partial charge in [0.25, 0.3) is 4.96 Å². The van der Waals surface area contributed by atoms with Crippen LogP contribution in [0, 0.1) is 10.1 Å². The van der Waals surface area contributed by atoms with Crippen LogP contribution in [0.4, 0.5) is 11.6 Å². The number of imidazole rings is 1. The van der Waals surface area contributed by atoms with Crippen LogP contribution in [-0.4, -0.2) is 31.6 Å². The van der Waals surface area contributed by atoms with E-state index in [-0.39, 0.29) is 17.7 Å². The number of nitrogens with zero attached hydrogens (tertiary/aromatic N) is 3. The Morgan fingerprint density at radius 3 is 3.05 bits per heavy atom. The molecule has 19 heavy (non-hydrogen) atoms. The Morgan fingerprint density at radius 2 is 2.32 bits per heavy atom. The molecule has 0 aromatic carbocycles. The quantitative estimate of drug-likeness (QED) is 0.663. The summed E-state index contributed by atoms with van der Waals surface area (Å²) in [6.45, 7) is 0. The van der Waals surface area contributed by atoms with Gasteiger partial charge in [0.05, 0.1) is 12.1 Å². The van der Waals surface area contributed by atoms with Crippen LogP contribution in [0.1, 0.15) is 25.7 Å². The topological polar surface area (TPSA) is 92.7 Å². The first-order chi connectivity index (χ1) is 9.16. The lowest BCUT2D eigenvalue weighted by Gasteiger charge is -2.27. The van der Waals surface area contributed by atoms with Crippen molar-refractivity contribution >= 4 is 27.9 Å². The van der Waals surface area contributed by atoms with Gasteiger partial charge in [-0.05, 0) is 17.8 Å². The lowest BCUT2D eigenvalue weighted by molar-refractivity contribution is -0.389. The predicted octanol–water partition coefficient (Wildman–Crippen LogP) is 2.02. The first-order valence-electron chi connectivity index (χ1n) is 6.21. The molecule has 2 heterocycles. The van der Waals surface area contributed by atoms with Crippen molar-refractivity contribution in [3.8, 4) is 0 Å². The summed E-state index contributed by atoms with van der Waals surface area (Å²) in [4.78, 5) is 15.5. The second-order valence-corrected chi connectivity index (χ2v) is 5.57. The summed E-state index contributed by atoms with van der Waals surface area (Å²) < 4.78 is 1.46. The molecule has 0 aliphatic heterocycles. The van der Waals surface area contributed by atoms with Crippen LogP contribution in [0.25, 0.3) is 4.96 Å². The molecule has 0 amide bonds. The highest BCUT2D eigenvalue weighted by molar-refractivity contribution is 7.15. The highest BCUT2D eigenvalue weighted by Gasteiger charge is 2.29. The van der Waals surface area contributed by atoms with Gasteiger partial charge >= 0.3 is 5.82 Å². The summed E-state index contributed by atoms with van der Waals surface area (Å²) in [6, 6.07) is -0.156. The molecule has 3 rings (SSSR count). The Labute approximate surface area is 113 Å². The number of aliphatic hydroxyl groups is 1. The zero-order valence-corrected chi connectivity index (χ0v) is 11.0. The Hall–Kier alpha value is -1.67. The van der Waals surface area contributed by atoms with E-state index >= 15 is 0 Å². The van der Waals surface area contributed by atoms with Gasteiger partial charge in [-0.1, -0.05) is 24.2 Å². The summed E-state index contributed by atoms with van der Waals surface area (Å²) in [5.41, 5.74) is 0. The van der Waals surface area contributed by atoms with Crippen LogP contribution < -0.4 is 5.32 Å². The lowest BCUT2D eigenvalue weighted by atomic mass is 9.93. The van der Waals surface area contributed by atoms with E-state index < -0.39 is 11.0 Å². The zero-order valence-electron chi connectivity index (χ0n) is 10.2. The van der Waals surface area contributed by atoms with Gasteiger partial charge in [0.15, 0.2) is 0 Å². The first kappa shape index (κ1) is 12.4. The second kappa shape index (κ2) is 4.78. The average Bonchev–Trinajstić information content (AvgIpc) is 2.91. The van der Waals surface area contributed by atoms with Crippen LogP contribution >= 0.6 is 11.3 Å². The van der Waals surface area contributed by atoms with E-state index in [2.05, 4.69) is 10.3 Å². The molecule has 1 aliphatic rings.